The van der Waals surface area contributed by atoms with Crippen LogP contribution in [-0.2, 0) is 9.53 Å². The van der Waals surface area contributed by atoms with Gasteiger partial charge in [0.25, 0.3) is 0 Å². The molecule has 0 saturated carbocycles. The minimum atomic E-state index is -0.657. The van der Waals surface area contributed by atoms with Gasteiger partial charge in [0.05, 0.1) is 12.7 Å². The van der Waals surface area contributed by atoms with Crippen LogP contribution in [0.5, 0.6) is 0 Å². The van der Waals surface area contributed by atoms with Crippen molar-refractivity contribution >= 4 is 17.7 Å². The number of hydrogen-bond donors (Lipinski definition) is 2. The summed E-state index contributed by atoms with van der Waals surface area (Å²) in [6.07, 6.45) is 0.350. The fourth-order valence-electron chi connectivity index (χ4n) is 1.75. The van der Waals surface area contributed by atoms with Crippen LogP contribution >= 0.6 is 11.8 Å². The molecule has 0 aliphatic carbocycles. The summed E-state index contributed by atoms with van der Waals surface area (Å²) < 4.78 is 5.15. The second-order valence-electron chi connectivity index (χ2n) is 5.42. The lowest BCUT2D eigenvalue weighted by atomic mass is 9.98. The maximum Gasteiger partial charge on any atom is 0.326 e. The van der Waals surface area contributed by atoms with E-state index in [1.54, 1.807) is 18.7 Å². The lowest BCUT2D eigenvalue weighted by molar-refractivity contribution is -0.150. The molecule has 114 valence electrons. The average molecular weight is 291 g/mol. The minimum Gasteiger partial charge on any atom is -0.465 e. The Balaban J connectivity index is 4.47. The number of hydrogen-bond acceptors (Lipinski definition) is 5. The van der Waals surface area contributed by atoms with Crippen LogP contribution in [0.1, 0.15) is 48.0 Å². The summed E-state index contributed by atoms with van der Waals surface area (Å²) in [6.45, 7) is 11.9. The summed E-state index contributed by atoms with van der Waals surface area (Å²) in [5.74, 6) is 0.607. The third-order valence-electron chi connectivity index (χ3n) is 3.00. The molecule has 0 saturated heterocycles. The fraction of sp³-hybridized carbons (Fsp3) is 0.929. The highest BCUT2D eigenvalue weighted by atomic mass is 32.2. The molecule has 0 spiro atoms. The molecular weight excluding hydrogens is 262 g/mol. The molecule has 2 N–H and O–H groups in total. The molecular formula is C14H29NO3S. The first kappa shape index (κ1) is 18.7. The Labute approximate surface area is 121 Å². The molecule has 3 unspecified atom stereocenters. The third kappa shape index (κ3) is 7.18. The fourth-order valence-corrected chi connectivity index (χ4v) is 2.93. The van der Waals surface area contributed by atoms with E-state index in [4.69, 9.17) is 4.74 Å². The molecule has 3 atom stereocenters. The molecule has 0 amide bonds. The van der Waals surface area contributed by atoms with Crippen molar-refractivity contribution in [2.24, 2.45) is 0 Å². The van der Waals surface area contributed by atoms with Crippen LogP contribution in [0.2, 0.25) is 0 Å². The van der Waals surface area contributed by atoms with E-state index in [1.807, 2.05) is 34.6 Å². The Morgan fingerprint density at radius 3 is 2.37 bits per heavy atom. The van der Waals surface area contributed by atoms with E-state index in [0.29, 0.717) is 13.0 Å². The second-order valence-corrected chi connectivity index (χ2v) is 6.90. The molecule has 0 radical (unpaired) electrons. The predicted molar refractivity (Wildman–Crippen MR) is 81.5 cm³/mol. The maximum atomic E-state index is 12.1. The van der Waals surface area contributed by atoms with Gasteiger partial charge in [-0.25, -0.2) is 0 Å². The molecule has 0 heterocycles. The zero-order chi connectivity index (χ0) is 15.1. The van der Waals surface area contributed by atoms with Crippen molar-refractivity contribution in [1.29, 1.82) is 0 Å². The number of aliphatic hydroxyl groups excluding tert-OH is 1. The summed E-state index contributed by atoms with van der Waals surface area (Å²) >= 11 is 1.68. The van der Waals surface area contributed by atoms with Crippen LogP contribution in [-0.4, -0.2) is 46.4 Å². The largest absolute Gasteiger partial charge is 0.465 e. The zero-order valence-electron chi connectivity index (χ0n) is 13.0. The highest BCUT2D eigenvalue weighted by molar-refractivity contribution is 7.99. The van der Waals surface area contributed by atoms with Crippen molar-refractivity contribution in [3.63, 3.8) is 0 Å². The van der Waals surface area contributed by atoms with Gasteiger partial charge in [-0.2, -0.15) is 11.8 Å². The van der Waals surface area contributed by atoms with E-state index in [1.165, 1.54) is 0 Å². The Morgan fingerprint density at radius 2 is 1.95 bits per heavy atom. The SMILES string of the molecule is CCOC(=O)C(C)(CCSC(C)C(C)O)NC(C)C. The predicted octanol–water partition coefficient (Wildman–Crippen LogP) is 2.20. The number of rotatable bonds is 9. The van der Waals surface area contributed by atoms with Crippen LogP contribution in [0.15, 0.2) is 0 Å². The average Bonchev–Trinajstić information content (AvgIpc) is 2.27. The number of esters is 1. The van der Waals surface area contributed by atoms with E-state index in [2.05, 4.69) is 5.32 Å². The van der Waals surface area contributed by atoms with Gasteiger partial charge in [0, 0.05) is 11.3 Å². The van der Waals surface area contributed by atoms with Crippen molar-refractivity contribution < 1.29 is 14.6 Å². The zero-order valence-corrected chi connectivity index (χ0v) is 13.8. The second kappa shape index (κ2) is 8.82. The number of thioether (sulfide) groups is 1. The van der Waals surface area contributed by atoms with Crippen molar-refractivity contribution in [2.45, 2.75) is 70.9 Å². The molecule has 5 heteroatoms. The van der Waals surface area contributed by atoms with Crippen molar-refractivity contribution in [2.75, 3.05) is 12.4 Å². The van der Waals surface area contributed by atoms with Gasteiger partial charge in [0.1, 0.15) is 5.54 Å². The van der Waals surface area contributed by atoms with E-state index < -0.39 is 5.54 Å². The first-order valence-corrected chi connectivity index (χ1v) is 8.02. The topological polar surface area (TPSA) is 58.6 Å². The standard InChI is InChI=1S/C14H29NO3S/c1-7-18-13(17)14(6,15-10(2)3)8-9-19-12(5)11(4)16/h10-12,15-16H,7-9H2,1-6H3. The number of ether oxygens (including phenoxy) is 1. The number of carbonyl (C=O) groups excluding carboxylic acids is 1. The molecule has 0 fully saturated rings. The number of nitrogens with one attached hydrogen (secondary N) is 1. The first-order chi connectivity index (χ1) is 8.73. The summed E-state index contributed by atoms with van der Waals surface area (Å²) in [7, 11) is 0. The van der Waals surface area contributed by atoms with Gasteiger partial charge in [-0.05, 0) is 46.8 Å². The molecule has 0 aromatic heterocycles. The van der Waals surface area contributed by atoms with Crippen molar-refractivity contribution in [3.05, 3.63) is 0 Å². The highest BCUT2D eigenvalue weighted by Crippen LogP contribution is 2.21. The summed E-state index contributed by atoms with van der Waals surface area (Å²) in [6, 6.07) is 0.216. The highest BCUT2D eigenvalue weighted by Gasteiger charge is 2.34. The normalized spacial score (nSPS) is 17.9. The molecule has 0 aromatic carbocycles. The molecule has 4 nitrogen and oxygen atoms in total. The van der Waals surface area contributed by atoms with E-state index in [0.717, 1.165) is 5.75 Å². The van der Waals surface area contributed by atoms with Crippen LogP contribution in [0.25, 0.3) is 0 Å². The van der Waals surface area contributed by atoms with Gasteiger partial charge in [-0.3, -0.25) is 10.1 Å². The molecule has 0 rings (SSSR count). The summed E-state index contributed by atoms with van der Waals surface area (Å²) in [5.41, 5.74) is -0.657. The number of aliphatic hydroxyl groups is 1. The van der Waals surface area contributed by atoms with E-state index >= 15 is 0 Å². The monoisotopic (exact) mass is 291 g/mol. The van der Waals surface area contributed by atoms with Crippen LogP contribution < -0.4 is 5.32 Å². The van der Waals surface area contributed by atoms with E-state index in [9.17, 15) is 9.90 Å². The molecule has 0 bridgehead atoms. The minimum absolute atomic E-state index is 0.172. The van der Waals surface area contributed by atoms with Gasteiger partial charge in [0.2, 0.25) is 0 Å². The molecule has 0 aliphatic heterocycles. The summed E-state index contributed by atoms with van der Waals surface area (Å²) in [5, 5.41) is 12.9. The van der Waals surface area contributed by atoms with Crippen LogP contribution in [0.3, 0.4) is 0 Å². The third-order valence-corrected chi connectivity index (χ3v) is 4.35. The van der Waals surface area contributed by atoms with Crippen LogP contribution in [0.4, 0.5) is 0 Å². The van der Waals surface area contributed by atoms with E-state index in [-0.39, 0.29) is 23.4 Å². The van der Waals surface area contributed by atoms with Crippen molar-refractivity contribution in [3.8, 4) is 0 Å². The Kier molecular flexibility index (Phi) is 8.70. The lowest BCUT2D eigenvalue weighted by Gasteiger charge is -2.31. The van der Waals surface area contributed by atoms with Gasteiger partial charge < -0.3 is 9.84 Å². The molecule has 0 aromatic rings. The quantitative estimate of drug-likeness (QED) is 0.638. The van der Waals surface area contributed by atoms with Gasteiger partial charge in [-0.1, -0.05) is 6.92 Å². The lowest BCUT2D eigenvalue weighted by Crippen LogP contribution is -2.53. The van der Waals surface area contributed by atoms with Crippen molar-refractivity contribution in [1.82, 2.24) is 5.32 Å². The van der Waals surface area contributed by atoms with Gasteiger partial charge in [0.15, 0.2) is 0 Å². The van der Waals surface area contributed by atoms with Gasteiger partial charge >= 0.3 is 5.97 Å². The smallest absolute Gasteiger partial charge is 0.326 e. The Morgan fingerprint density at radius 1 is 1.37 bits per heavy atom. The Hall–Kier alpha value is -0.260. The first-order valence-electron chi connectivity index (χ1n) is 6.97. The molecule has 19 heavy (non-hydrogen) atoms. The summed E-state index contributed by atoms with van der Waals surface area (Å²) in [4.78, 5) is 12.1. The Bertz CT molecular complexity index is 271. The van der Waals surface area contributed by atoms with Gasteiger partial charge in [-0.15, -0.1) is 0 Å². The molecule has 0 aliphatic rings. The number of carbonyl (C=O) groups is 1. The van der Waals surface area contributed by atoms with Crippen LogP contribution in [0, 0.1) is 0 Å². The maximum absolute atomic E-state index is 12.1.